The molecule has 0 aliphatic heterocycles. The molecule has 0 atom stereocenters. The molecule has 0 spiro atoms. The van der Waals surface area contributed by atoms with Crippen molar-refractivity contribution in [1.29, 1.82) is 0 Å². The second-order valence-electron chi connectivity index (χ2n) is 4.55. The highest BCUT2D eigenvalue weighted by Crippen LogP contribution is 2.08. The van der Waals surface area contributed by atoms with E-state index >= 15 is 0 Å². The Morgan fingerprint density at radius 1 is 1.21 bits per heavy atom. The van der Waals surface area contributed by atoms with Crippen LogP contribution in [-0.2, 0) is 16.0 Å². The Bertz CT molecular complexity index is 429. The van der Waals surface area contributed by atoms with Gasteiger partial charge in [0.15, 0.2) is 0 Å². The standard InChI is InChI=1S/C14H21N3O2/c1-2-3-8-17(10-13(16)18)14(19)9-11-4-6-12(15)7-5-11/h4-7H,2-3,8-10,15H2,1H3,(H2,16,18). The van der Waals surface area contributed by atoms with Crippen LogP contribution in [0, 0.1) is 0 Å². The number of nitrogens with two attached hydrogens (primary N) is 2. The largest absolute Gasteiger partial charge is 0.399 e. The van der Waals surface area contributed by atoms with E-state index in [0.29, 0.717) is 12.2 Å². The van der Waals surface area contributed by atoms with Crippen molar-refractivity contribution in [3.05, 3.63) is 29.8 Å². The average molecular weight is 263 g/mol. The third kappa shape index (κ3) is 5.42. The molecule has 0 radical (unpaired) electrons. The Kier molecular flexibility index (Phi) is 5.85. The molecule has 1 aromatic rings. The van der Waals surface area contributed by atoms with Gasteiger partial charge in [-0.2, -0.15) is 0 Å². The fourth-order valence-corrected chi connectivity index (χ4v) is 1.75. The maximum absolute atomic E-state index is 12.1. The molecule has 0 aliphatic carbocycles. The summed E-state index contributed by atoms with van der Waals surface area (Å²) in [6.45, 7) is 2.58. The molecule has 5 heteroatoms. The van der Waals surface area contributed by atoms with Crippen LogP contribution < -0.4 is 11.5 Å². The molecule has 0 saturated carbocycles. The van der Waals surface area contributed by atoms with Gasteiger partial charge in [-0.25, -0.2) is 0 Å². The van der Waals surface area contributed by atoms with Crippen LogP contribution in [0.2, 0.25) is 0 Å². The van der Waals surface area contributed by atoms with E-state index in [9.17, 15) is 9.59 Å². The second-order valence-corrected chi connectivity index (χ2v) is 4.55. The number of hydrogen-bond donors (Lipinski definition) is 2. The molecule has 2 amide bonds. The first-order valence-electron chi connectivity index (χ1n) is 6.43. The molecule has 0 saturated heterocycles. The fraction of sp³-hybridized carbons (Fsp3) is 0.429. The number of carbonyl (C=O) groups is 2. The maximum atomic E-state index is 12.1. The van der Waals surface area contributed by atoms with E-state index in [2.05, 4.69) is 0 Å². The number of primary amides is 1. The second kappa shape index (κ2) is 7.41. The molecule has 1 rings (SSSR count). The molecular weight excluding hydrogens is 242 g/mol. The van der Waals surface area contributed by atoms with Gasteiger partial charge in [0.25, 0.3) is 0 Å². The smallest absolute Gasteiger partial charge is 0.237 e. The van der Waals surface area contributed by atoms with Gasteiger partial charge in [-0.05, 0) is 24.1 Å². The van der Waals surface area contributed by atoms with Crippen molar-refractivity contribution in [2.45, 2.75) is 26.2 Å². The van der Waals surface area contributed by atoms with Gasteiger partial charge in [0, 0.05) is 12.2 Å². The summed E-state index contributed by atoms with van der Waals surface area (Å²) in [5.41, 5.74) is 12.3. The topological polar surface area (TPSA) is 89.4 Å². The maximum Gasteiger partial charge on any atom is 0.237 e. The van der Waals surface area contributed by atoms with Crippen LogP contribution in [0.15, 0.2) is 24.3 Å². The monoisotopic (exact) mass is 263 g/mol. The van der Waals surface area contributed by atoms with Crippen LogP contribution in [0.3, 0.4) is 0 Å². The predicted molar refractivity (Wildman–Crippen MR) is 75.2 cm³/mol. The lowest BCUT2D eigenvalue weighted by atomic mass is 10.1. The number of benzene rings is 1. The molecule has 0 fully saturated rings. The minimum atomic E-state index is -0.484. The molecular formula is C14H21N3O2. The normalized spacial score (nSPS) is 10.2. The third-order valence-corrected chi connectivity index (χ3v) is 2.82. The number of amides is 2. The highest BCUT2D eigenvalue weighted by Gasteiger charge is 2.15. The van der Waals surface area contributed by atoms with Gasteiger partial charge in [-0.15, -0.1) is 0 Å². The average Bonchev–Trinajstić information content (AvgIpc) is 2.36. The molecule has 0 bridgehead atoms. The van der Waals surface area contributed by atoms with Crippen molar-refractivity contribution in [2.75, 3.05) is 18.8 Å². The minimum Gasteiger partial charge on any atom is -0.399 e. The van der Waals surface area contributed by atoms with Gasteiger partial charge in [0.2, 0.25) is 11.8 Å². The van der Waals surface area contributed by atoms with Crippen molar-refractivity contribution < 1.29 is 9.59 Å². The van der Waals surface area contributed by atoms with Crippen molar-refractivity contribution in [3.63, 3.8) is 0 Å². The Morgan fingerprint density at radius 3 is 2.37 bits per heavy atom. The Morgan fingerprint density at radius 2 is 1.84 bits per heavy atom. The lowest BCUT2D eigenvalue weighted by Crippen LogP contribution is -2.39. The summed E-state index contributed by atoms with van der Waals surface area (Å²) >= 11 is 0. The number of nitrogens with zero attached hydrogens (tertiary/aromatic N) is 1. The summed E-state index contributed by atoms with van der Waals surface area (Å²) in [7, 11) is 0. The highest BCUT2D eigenvalue weighted by molar-refractivity contribution is 5.85. The van der Waals surface area contributed by atoms with Crippen molar-refractivity contribution >= 4 is 17.5 Å². The Labute approximate surface area is 113 Å². The van der Waals surface area contributed by atoms with Gasteiger partial charge >= 0.3 is 0 Å². The molecule has 0 unspecified atom stereocenters. The molecule has 1 aromatic carbocycles. The third-order valence-electron chi connectivity index (χ3n) is 2.82. The molecule has 0 heterocycles. The van der Waals surface area contributed by atoms with Crippen LogP contribution in [0.5, 0.6) is 0 Å². The predicted octanol–water partition coefficient (Wildman–Crippen LogP) is 0.925. The van der Waals surface area contributed by atoms with E-state index in [1.807, 2.05) is 19.1 Å². The van der Waals surface area contributed by atoms with Crippen LogP contribution in [0.4, 0.5) is 5.69 Å². The first kappa shape index (κ1) is 15.0. The van der Waals surface area contributed by atoms with E-state index in [1.54, 1.807) is 12.1 Å². The number of rotatable bonds is 7. The summed E-state index contributed by atoms with van der Waals surface area (Å²) in [5, 5.41) is 0. The van der Waals surface area contributed by atoms with Gasteiger partial charge in [-0.3, -0.25) is 9.59 Å². The molecule has 104 valence electrons. The number of hydrogen-bond acceptors (Lipinski definition) is 3. The highest BCUT2D eigenvalue weighted by atomic mass is 16.2. The van der Waals surface area contributed by atoms with Crippen LogP contribution in [0.1, 0.15) is 25.3 Å². The zero-order valence-corrected chi connectivity index (χ0v) is 11.3. The first-order valence-corrected chi connectivity index (χ1v) is 6.43. The van der Waals surface area contributed by atoms with E-state index < -0.39 is 5.91 Å². The summed E-state index contributed by atoms with van der Waals surface area (Å²) < 4.78 is 0. The lowest BCUT2D eigenvalue weighted by molar-refractivity contribution is -0.134. The minimum absolute atomic E-state index is 0.0200. The summed E-state index contributed by atoms with van der Waals surface area (Å²) in [6, 6.07) is 7.14. The molecule has 19 heavy (non-hydrogen) atoms. The van der Waals surface area contributed by atoms with Crippen molar-refractivity contribution in [2.24, 2.45) is 5.73 Å². The zero-order chi connectivity index (χ0) is 14.3. The van der Waals surface area contributed by atoms with Crippen molar-refractivity contribution in [3.8, 4) is 0 Å². The molecule has 0 aromatic heterocycles. The fourth-order valence-electron chi connectivity index (χ4n) is 1.75. The summed E-state index contributed by atoms with van der Waals surface area (Å²) in [4.78, 5) is 24.6. The molecule has 5 nitrogen and oxygen atoms in total. The van der Waals surface area contributed by atoms with E-state index in [1.165, 1.54) is 4.90 Å². The van der Waals surface area contributed by atoms with Crippen LogP contribution in [0.25, 0.3) is 0 Å². The van der Waals surface area contributed by atoms with Crippen molar-refractivity contribution in [1.82, 2.24) is 4.90 Å². The quantitative estimate of drug-likeness (QED) is 0.717. The lowest BCUT2D eigenvalue weighted by Gasteiger charge is -2.21. The Balaban J connectivity index is 2.64. The first-order chi connectivity index (χ1) is 9.02. The van der Waals surface area contributed by atoms with E-state index in [-0.39, 0.29) is 18.9 Å². The van der Waals surface area contributed by atoms with E-state index in [0.717, 1.165) is 18.4 Å². The van der Waals surface area contributed by atoms with Gasteiger partial charge in [0.1, 0.15) is 0 Å². The molecule has 0 aliphatic rings. The van der Waals surface area contributed by atoms with Gasteiger partial charge < -0.3 is 16.4 Å². The number of unbranched alkanes of at least 4 members (excludes halogenated alkanes) is 1. The van der Waals surface area contributed by atoms with E-state index in [4.69, 9.17) is 11.5 Å². The SMILES string of the molecule is CCCCN(CC(N)=O)C(=O)Cc1ccc(N)cc1. The van der Waals surface area contributed by atoms with Crippen LogP contribution in [-0.4, -0.2) is 29.8 Å². The van der Waals surface area contributed by atoms with Gasteiger partial charge in [0.05, 0.1) is 13.0 Å². The van der Waals surface area contributed by atoms with Crippen LogP contribution >= 0.6 is 0 Å². The molecule has 4 N–H and O–H groups in total. The number of anilines is 1. The summed E-state index contributed by atoms with van der Waals surface area (Å²) in [6.07, 6.45) is 2.09. The Hall–Kier alpha value is -2.04. The van der Waals surface area contributed by atoms with Gasteiger partial charge in [-0.1, -0.05) is 25.5 Å². The zero-order valence-electron chi connectivity index (χ0n) is 11.3. The number of nitrogen functional groups attached to an aromatic ring is 1. The number of carbonyl (C=O) groups excluding carboxylic acids is 2. The summed E-state index contributed by atoms with van der Waals surface area (Å²) in [5.74, 6) is -0.571.